The van der Waals surface area contributed by atoms with Gasteiger partial charge in [-0.3, -0.25) is 9.69 Å². The molecule has 0 saturated carbocycles. The monoisotopic (exact) mass is 269 g/mol. The van der Waals surface area contributed by atoms with Gasteiger partial charge in [-0.25, -0.2) is 13.2 Å². The van der Waals surface area contributed by atoms with Gasteiger partial charge in [0.05, 0.1) is 0 Å². The third kappa shape index (κ3) is 2.27. The summed E-state index contributed by atoms with van der Waals surface area (Å²) in [4.78, 5) is 13.5. The molecule has 0 unspecified atom stereocenters. The summed E-state index contributed by atoms with van der Waals surface area (Å²) in [5, 5.41) is 0. The van der Waals surface area contributed by atoms with E-state index in [4.69, 9.17) is 0 Å². The van der Waals surface area contributed by atoms with Crippen molar-refractivity contribution in [3.63, 3.8) is 0 Å². The molecule has 0 amide bonds. The number of benzene rings is 1. The smallest absolute Gasteiger partial charge is 0.136 e. The fourth-order valence-corrected chi connectivity index (χ4v) is 3.23. The van der Waals surface area contributed by atoms with Gasteiger partial charge < -0.3 is 0 Å². The number of Topliss-reactive ketones (excluding diaryl/α,β-unsaturated/α-hetero) is 1. The Bertz CT molecular complexity index is 492. The summed E-state index contributed by atoms with van der Waals surface area (Å²) in [5.41, 5.74) is -0.104. The fraction of sp³-hybridized carbons (Fsp3) is 0.500. The molecule has 3 rings (SSSR count). The van der Waals surface area contributed by atoms with Gasteiger partial charge in [-0.1, -0.05) is 0 Å². The third-order valence-electron chi connectivity index (χ3n) is 4.14. The molecule has 0 aliphatic carbocycles. The Balaban J connectivity index is 1.85. The molecule has 1 aromatic carbocycles. The number of hydrogen-bond acceptors (Lipinski definition) is 2. The van der Waals surface area contributed by atoms with E-state index < -0.39 is 17.5 Å². The summed E-state index contributed by atoms with van der Waals surface area (Å²) in [5.74, 6) is -2.39. The van der Waals surface area contributed by atoms with Crippen LogP contribution < -0.4 is 0 Å². The van der Waals surface area contributed by atoms with Gasteiger partial charge in [0, 0.05) is 49.2 Å². The minimum atomic E-state index is -0.907. The summed E-state index contributed by atoms with van der Waals surface area (Å²) in [6, 6.07) is 1.57. The first-order valence-corrected chi connectivity index (χ1v) is 6.45. The summed E-state index contributed by atoms with van der Waals surface area (Å²) in [6.07, 6.45) is 2.70. The van der Waals surface area contributed by atoms with Crippen molar-refractivity contribution >= 4 is 5.78 Å². The summed E-state index contributed by atoms with van der Waals surface area (Å²) < 4.78 is 40.2. The number of nitrogens with zero attached hydrogens (tertiary/aromatic N) is 1. The van der Waals surface area contributed by atoms with Crippen molar-refractivity contribution in [2.24, 2.45) is 0 Å². The van der Waals surface area contributed by atoms with Crippen LogP contribution >= 0.6 is 0 Å². The van der Waals surface area contributed by atoms with E-state index in [0.29, 0.717) is 25.0 Å². The van der Waals surface area contributed by atoms with Crippen LogP contribution in [0.1, 0.15) is 31.2 Å². The van der Waals surface area contributed by atoms with Gasteiger partial charge in [0.2, 0.25) is 0 Å². The quantitative estimate of drug-likeness (QED) is 0.823. The van der Waals surface area contributed by atoms with Crippen LogP contribution in [-0.2, 0) is 11.3 Å². The number of fused-ring (bicyclic) bond motifs is 2. The van der Waals surface area contributed by atoms with Crippen LogP contribution in [0.25, 0.3) is 0 Å². The van der Waals surface area contributed by atoms with Crippen molar-refractivity contribution in [3.8, 4) is 0 Å². The Labute approximate surface area is 109 Å². The number of ketones is 1. The van der Waals surface area contributed by atoms with Gasteiger partial charge in [0.1, 0.15) is 23.2 Å². The van der Waals surface area contributed by atoms with Crippen LogP contribution in [0.2, 0.25) is 0 Å². The van der Waals surface area contributed by atoms with Crippen molar-refractivity contribution < 1.29 is 18.0 Å². The van der Waals surface area contributed by atoms with Gasteiger partial charge in [-0.15, -0.1) is 0 Å². The molecule has 2 atom stereocenters. The zero-order valence-corrected chi connectivity index (χ0v) is 10.3. The Morgan fingerprint density at radius 1 is 1.05 bits per heavy atom. The molecule has 2 saturated heterocycles. The minimum absolute atomic E-state index is 0.0788. The molecule has 0 radical (unpaired) electrons. The van der Waals surface area contributed by atoms with Crippen molar-refractivity contribution in [1.29, 1.82) is 0 Å². The first-order valence-electron chi connectivity index (χ1n) is 6.45. The maximum absolute atomic E-state index is 13.6. The van der Waals surface area contributed by atoms with E-state index in [1.54, 1.807) is 0 Å². The molecule has 1 aromatic rings. The number of hydrogen-bond donors (Lipinski definition) is 0. The summed E-state index contributed by atoms with van der Waals surface area (Å²) in [6.45, 7) is 0.112. The molecule has 0 N–H and O–H groups in total. The fourth-order valence-electron chi connectivity index (χ4n) is 3.23. The number of carbonyl (C=O) groups excluding carboxylic acids is 1. The Kier molecular flexibility index (Phi) is 3.09. The molecule has 5 heteroatoms. The number of piperidine rings is 1. The largest absolute Gasteiger partial charge is 0.300 e. The van der Waals surface area contributed by atoms with E-state index in [1.807, 2.05) is 4.90 Å². The zero-order chi connectivity index (χ0) is 13.6. The Morgan fingerprint density at radius 2 is 1.58 bits per heavy atom. The Morgan fingerprint density at radius 3 is 2.11 bits per heavy atom. The van der Waals surface area contributed by atoms with Crippen molar-refractivity contribution in [3.05, 3.63) is 35.1 Å². The van der Waals surface area contributed by atoms with E-state index in [9.17, 15) is 18.0 Å². The first-order chi connectivity index (χ1) is 9.04. The van der Waals surface area contributed by atoms with Gasteiger partial charge in [0.15, 0.2) is 0 Å². The van der Waals surface area contributed by atoms with E-state index in [-0.39, 0.29) is 30.0 Å². The second kappa shape index (κ2) is 4.63. The first kappa shape index (κ1) is 12.7. The predicted molar refractivity (Wildman–Crippen MR) is 62.9 cm³/mol. The third-order valence-corrected chi connectivity index (χ3v) is 4.14. The normalized spacial score (nSPS) is 27.0. The number of carbonyl (C=O) groups is 1. The van der Waals surface area contributed by atoms with Crippen LogP contribution in [0.15, 0.2) is 12.1 Å². The van der Waals surface area contributed by atoms with Crippen molar-refractivity contribution in [1.82, 2.24) is 4.90 Å². The number of halogens is 3. The lowest BCUT2D eigenvalue weighted by Gasteiger charge is -2.34. The lowest BCUT2D eigenvalue weighted by atomic mass is 10.0. The highest BCUT2D eigenvalue weighted by Crippen LogP contribution is 2.35. The standard InChI is InChI=1S/C14H14F3NO/c15-8-3-13(16)12(14(17)4-8)7-18-9-1-2-10(18)6-11(19)5-9/h3-4,9-10H,1-2,5-7H2/t9-,10+. The van der Waals surface area contributed by atoms with E-state index in [1.165, 1.54) is 0 Å². The molecule has 102 valence electrons. The molecular formula is C14H14F3NO. The molecule has 19 heavy (non-hydrogen) atoms. The maximum atomic E-state index is 13.6. The highest BCUT2D eigenvalue weighted by Gasteiger charge is 2.40. The molecule has 2 bridgehead atoms. The van der Waals surface area contributed by atoms with Gasteiger partial charge in [-0.2, -0.15) is 0 Å². The maximum Gasteiger partial charge on any atom is 0.136 e. The average Bonchev–Trinajstić information content (AvgIpc) is 2.55. The summed E-state index contributed by atoms with van der Waals surface area (Å²) >= 11 is 0. The SMILES string of the molecule is O=C1C[C@H]2CC[C@@H](C1)N2Cc1c(F)cc(F)cc1F. The second-order valence-electron chi connectivity index (χ2n) is 5.35. The van der Waals surface area contributed by atoms with Crippen LogP contribution in [0.5, 0.6) is 0 Å². The molecule has 2 fully saturated rings. The van der Waals surface area contributed by atoms with Crippen LogP contribution in [0.3, 0.4) is 0 Å². The second-order valence-corrected chi connectivity index (χ2v) is 5.35. The van der Waals surface area contributed by atoms with E-state index in [0.717, 1.165) is 12.8 Å². The lowest BCUT2D eigenvalue weighted by molar-refractivity contribution is -0.123. The van der Waals surface area contributed by atoms with E-state index >= 15 is 0 Å². The highest BCUT2D eigenvalue weighted by atomic mass is 19.1. The lowest BCUT2D eigenvalue weighted by Crippen LogP contribution is -2.42. The number of rotatable bonds is 2. The van der Waals surface area contributed by atoms with Crippen LogP contribution in [-0.4, -0.2) is 22.8 Å². The van der Waals surface area contributed by atoms with Gasteiger partial charge in [-0.05, 0) is 12.8 Å². The molecule has 0 spiro atoms. The highest BCUT2D eigenvalue weighted by molar-refractivity contribution is 5.80. The topological polar surface area (TPSA) is 20.3 Å². The van der Waals surface area contributed by atoms with E-state index in [2.05, 4.69) is 0 Å². The molecule has 2 heterocycles. The summed E-state index contributed by atoms with van der Waals surface area (Å²) in [7, 11) is 0. The molecule has 2 nitrogen and oxygen atoms in total. The molecule has 2 aliphatic heterocycles. The molecule has 2 aliphatic rings. The van der Waals surface area contributed by atoms with Crippen molar-refractivity contribution in [2.75, 3.05) is 0 Å². The van der Waals surface area contributed by atoms with Crippen molar-refractivity contribution in [2.45, 2.75) is 44.3 Å². The molecular weight excluding hydrogens is 255 g/mol. The van der Waals surface area contributed by atoms with Gasteiger partial charge in [0.25, 0.3) is 0 Å². The van der Waals surface area contributed by atoms with Gasteiger partial charge >= 0.3 is 0 Å². The molecule has 0 aromatic heterocycles. The Hall–Kier alpha value is -1.36. The zero-order valence-electron chi connectivity index (χ0n) is 10.3. The van der Waals surface area contributed by atoms with Crippen LogP contribution in [0, 0.1) is 17.5 Å². The minimum Gasteiger partial charge on any atom is -0.300 e. The average molecular weight is 269 g/mol. The van der Waals surface area contributed by atoms with Crippen LogP contribution in [0.4, 0.5) is 13.2 Å². The predicted octanol–water partition coefficient (Wildman–Crippen LogP) is 2.80.